The smallest absolute Gasteiger partial charge is 0.205 e. The van der Waals surface area contributed by atoms with E-state index in [4.69, 9.17) is 4.43 Å². The summed E-state index contributed by atoms with van der Waals surface area (Å²) in [6.07, 6.45) is 15.3. The zero-order valence-corrected chi connectivity index (χ0v) is 22.0. The van der Waals surface area contributed by atoms with E-state index in [-0.39, 0.29) is 24.0 Å². The molecule has 2 rings (SSSR count). The topological polar surface area (TPSA) is 9.23 Å². The quantitative estimate of drug-likeness (QED) is 0.168. The first-order chi connectivity index (χ1) is 13.0. The summed E-state index contributed by atoms with van der Waals surface area (Å²) in [5.41, 5.74) is 3.09. The van der Waals surface area contributed by atoms with E-state index in [0.29, 0.717) is 6.10 Å². The van der Waals surface area contributed by atoms with Crippen molar-refractivity contribution in [3.8, 4) is 0 Å². The molecular weight excluding hydrogens is 473 g/mol. The second-order valence-electron chi connectivity index (χ2n) is 8.95. The van der Waals surface area contributed by atoms with E-state index in [2.05, 4.69) is 51.3 Å². The van der Waals surface area contributed by atoms with E-state index in [1.54, 1.807) is 5.56 Å². The van der Waals surface area contributed by atoms with Crippen molar-refractivity contribution in [2.75, 3.05) is 20.1 Å². The molecule has 0 saturated heterocycles. The van der Waals surface area contributed by atoms with Crippen molar-refractivity contribution < 1.29 is 28.4 Å². The summed E-state index contributed by atoms with van der Waals surface area (Å²) < 4.78 is 7.54. The molecule has 2 unspecified atom stereocenters. The highest BCUT2D eigenvalue weighted by Gasteiger charge is 2.34. The van der Waals surface area contributed by atoms with Crippen LogP contribution in [0.4, 0.5) is 5.69 Å². The fourth-order valence-electron chi connectivity index (χ4n) is 4.65. The minimum atomic E-state index is -0.653. The monoisotopic (exact) mass is 516 g/mol. The number of quaternary nitrogens is 1. The lowest BCUT2D eigenvalue weighted by Gasteiger charge is -2.41. The molecule has 28 heavy (non-hydrogen) atoms. The second kappa shape index (κ2) is 14.2. The number of nitrogens with zero attached hydrogens (tertiary/aromatic N) is 1. The molecule has 0 saturated carbocycles. The van der Waals surface area contributed by atoms with Crippen LogP contribution in [0.5, 0.6) is 0 Å². The van der Waals surface area contributed by atoms with Crippen molar-refractivity contribution in [1.82, 2.24) is 4.48 Å². The standard InChI is InChI=1S/C24H43NOSi.HI/c1-5-6-7-8-9-10-11-12-18-23(26-27(3)4)21-25(2)20-15-17-22-16-13-14-19-24(22)25;/h13-14,16,19,23H,5-12,15,17-18,20-21H2,1-4H3;1H/q+1;/p-1. The van der Waals surface area contributed by atoms with Crippen LogP contribution < -0.4 is 28.5 Å². The average molecular weight is 517 g/mol. The van der Waals surface area contributed by atoms with Crippen LogP contribution in [0.1, 0.15) is 76.7 Å². The molecule has 1 heterocycles. The zero-order valence-electron chi connectivity index (χ0n) is 18.8. The molecule has 0 aliphatic carbocycles. The highest BCUT2D eigenvalue weighted by Crippen LogP contribution is 2.33. The van der Waals surface area contributed by atoms with Crippen molar-refractivity contribution in [1.29, 1.82) is 0 Å². The first-order valence-corrected chi connectivity index (χ1v) is 13.9. The van der Waals surface area contributed by atoms with Gasteiger partial charge in [0, 0.05) is 12.0 Å². The number of fused-ring (bicyclic) bond motifs is 1. The molecule has 0 fully saturated rings. The Morgan fingerprint density at radius 1 is 1.00 bits per heavy atom. The predicted octanol–water partition coefficient (Wildman–Crippen LogP) is 3.74. The Morgan fingerprint density at radius 3 is 2.32 bits per heavy atom. The van der Waals surface area contributed by atoms with Crippen LogP contribution in [0.25, 0.3) is 0 Å². The molecule has 1 aliphatic heterocycles. The van der Waals surface area contributed by atoms with E-state index < -0.39 is 9.04 Å². The summed E-state index contributed by atoms with van der Waals surface area (Å²) in [6, 6.07) is 9.09. The van der Waals surface area contributed by atoms with Crippen molar-refractivity contribution in [2.24, 2.45) is 0 Å². The lowest BCUT2D eigenvalue weighted by molar-refractivity contribution is -0.00000817. The Morgan fingerprint density at radius 2 is 1.64 bits per heavy atom. The van der Waals surface area contributed by atoms with Gasteiger partial charge in [0.25, 0.3) is 0 Å². The van der Waals surface area contributed by atoms with E-state index >= 15 is 0 Å². The third-order valence-corrected chi connectivity index (χ3v) is 6.86. The van der Waals surface area contributed by atoms with Crippen LogP contribution in [0, 0.1) is 0 Å². The molecule has 0 aromatic heterocycles. The fourth-order valence-corrected chi connectivity index (χ4v) is 5.51. The number of aryl methyl sites for hydroxylation is 1. The molecule has 161 valence electrons. The first-order valence-electron chi connectivity index (χ1n) is 11.4. The van der Waals surface area contributed by atoms with E-state index in [1.807, 2.05) is 0 Å². The van der Waals surface area contributed by atoms with Crippen LogP contribution >= 0.6 is 0 Å². The number of hydrogen-bond acceptors (Lipinski definition) is 1. The summed E-state index contributed by atoms with van der Waals surface area (Å²) in [5.74, 6) is 0. The fraction of sp³-hybridized carbons (Fsp3) is 0.750. The SMILES string of the molecule is CCCCCCCCCCC(C[N+]1(C)CCCc2ccccc21)O[Si](C)C.[I-]. The summed E-state index contributed by atoms with van der Waals surface area (Å²) in [5, 5.41) is 0. The molecule has 0 N–H and O–H groups in total. The van der Waals surface area contributed by atoms with Gasteiger partial charge in [-0.1, -0.05) is 76.5 Å². The normalized spacial score (nSPS) is 19.9. The van der Waals surface area contributed by atoms with E-state index in [1.165, 1.54) is 82.9 Å². The summed E-state index contributed by atoms with van der Waals surface area (Å²) in [4.78, 5) is 0. The largest absolute Gasteiger partial charge is 1.00 e. The van der Waals surface area contributed by atoms with Gasteiger partial charge in [-0.2, -0.15) is 0 Å². The molecular formula is C24H43INOSi. The van der Waals surface area contributed by atoms with Gasteiger partial charge in [0.2, 0.25) is 9.04 Å². The maximum Gasteiger partial charge on any atom is 0.205 e. The van der Waals surface area contributed by atoms with Crippen molar-refractivity contribution in [3.05, 3.63) is 29.8 Å². The van der Waals surface area contributed by atoms with E-state index in [0.717, 1.165) is 11.0 Å². The van der Waals surface area contributed by atoms with Gasteiger partial charge in [-0.05, 0) is 32.0 Å². The highest BCUT2D eigenvalue weighted by molar-refractivity contribution is 6.48. The van der Waals surface area contributed by atoms with Gasteiger partial charge in [-0.15, -0.1) is 0 Å². The van der Waals surface area contributed by atoms with Crippen molar-refractivity contribution >= 4 is 14.7 Å². The third-order valence-electron chi connectivity index (χ3n) is 6.06. The average Bonchev–Trinajstić information content (AvgIpc) is 2.63. The van der Waals surface area contributed by atoms with Crippen molar-refractivity contribution in [2.45, 2.75) is 96.8 Å². The molecule has 0 spiro atoms. The second-order valence-corrected chi connectivity index (χ2v) is 11.0. The lowest BCUT2D eigenvalue weighted by atomic mass is 9.98. The number of unbranched alkanes of at least 4 members (excludes halogenated alkanes) is 7. The van der Waals surface area contributed by atoms with Gasteiger partial charge in [0.1, 0.15) is 12.2 Å². The maximum absolute atomic E-state index is 6.48. The minimum absolute atomic E-state index is 0. The molecule has 0 bridgehead atoms. The summed E-state index contributed by atoms with van der Waals surface area (Å²) in [6.45, 7) is 9.26. The first kappa shape index (κ1) is 26.1. The van der Waals surface area contributed by atoms with Gasteiger partial charge >= 0.3 is 0 Å². The van der Waals surface area contributed by atoms with Gasteiger partial charge in [-0.3, -0.25) is 4.48 Å². The van der Waals surface area contributed by atoms with E-state index in [9.17, 15) is 0 Å². The van der Waals surface area contributed by atoms with Crippen molar-refractivity contribution in [3.63, 3.8) is 0 Å². The van der Waals surface area contributed by atoms with Crippen LogP contribution in [0.2, 0.25) is 13.1 Å². The number of likely N-dealkylation sites (N-methyl/N-ethyl adjacent to an activating group) is 1. The van der Waals surface area contributed by atoms with Gasteiger partial charge in [0.05, 0.1) is 19.7 Å². The van der Waals surface area contributed by atoms with Crippen LogP contribution in [-0.2, 0) is 10.8 Å². The Bertz CT molecular complexity index is 539. The molecule has 2 atom stereocenters. The van der Waals surface area contributed by atoms with Crippen LogP contribution in [-0.4, -0.2) is 35.3 Å². The predicted molar refractivity (Wildman–Crippen MR) is 122 cm³/mol. The highest BCUT2D eigenvalue weighted by atomic mass is 127. The molecule has 4 heteroatoms. The number of rotatable bonds is 13. The van der Waals surface area contributed by atoms with Crippen LogP contribution in [0.15, 0.2) is 24.3 Å². The van der Waals surface area contributed by atoms with Gasteiger partial charge < -0.3 is 28.4 Å². The molecule has 1 aromatic rings. The van der Waals surface area contributed by atoms with Gasteiger partial charge in [-0.25, -0.2) is 0 Å². The third kappa shape index (κ3) is 8.84. The zero-order chi connectivity index (χ0) is 19.5. The Hall–Kier alpha value is 0.0869. The Labute approximate surface area is 193 Å². The lowest BCUT2D eigenvalue weighted by Crippen LogP contribution is -3.00. The summed E-state index contributed by atoms with van der Waals surface area (Å²) in [7, 11) is 1.78. The number of hydrogen-bond donors (Lipinski definition) is 0. The number of halogens is 1. The van der Waals surface area contributed by atoms with Gasteiger partial charge in [0.15, 0.2) is 0 Å². The number of benzene rings is 1. The maximum atomic E-state index is 6.48. The molecule has 1 aromatic carbocycles. The molecule has 1 radical (unpaired) electrons. The number of para-hydroxylation sites is 1. The summed E-state index contributed by atoms with van der Waals surface area (Å²) >= 11 is 0. The molecule has 2 nitrogen and oxygen atoms in total. The Kier molecular flexibility index (Phi) is 13.2. The molecule has 1 aliphatic rings. The molecule has 0 amide bonds. The Balaban J connectivity index is 0.00000392. The van der Waals surface area contributed by atoms with Crippen LogP contribution in [0.3, 0.4) is 0 Å². The minimum Gasteiger partial charge on any atom is -1.00 e.